The Hall–Kier alpha value is -2.57. The molecule has 1 atom stereocenters. The molecule has 3 aliphatic heterocycles. The Kier molecular flexibility index (Phi) is 5.59. The van der Waals surface area contributed by atoms with Gasteiger partial charge in [0.15, 0.2) is 15.0 Å². The summed E-state index contributed by atoms with van der Waals surface area (Å²) in [7, 11) is -3.16. The second kappa shape index (κ2) is 8.41. The lowest BCUT2D eigenvalue weighted by atomic mass is 10.1. The minimum absolute atomic E-state index is 0.0415. The number of amides is 2. The maximum absolute atomic E-state index is 12.8. The SMILES string of the molecule is O=C(Nc1ccc2nc(N3CCOCC3)sc2c1)C1=NN([C@H]2CCS(=O)(=O)C2)C(=O)CC1. The number of carbonyl (C=O) groups excluding carboxylic acids is 2. The fraction of sp³-hybridized carbons (Fsp3) is 0.500. The van der Waals surface area contributed by atoms with E-state index in [4.69, 9.17) is 4.74 Å². The summed E-state index contributed by atoms with van der Waals surface area (Å²) in [6.45, 7) is 2.98. The van der Waals surface area contributed by atoms with E-state index in [2.05, 4.69) is 20.3 Å². The van der Waals surface area contributed by atoms with Crippen LogP contribution < -0.4 is 10.2 Å². The first-order valence-electron chi connectivity index (χ1n) is 10.5. The fourth-order valence-corrected chi connectivity index (χ4v) is 6.82. The number of aromatic nitrogens is 1. The summed E-state index contributed by atoms with van der Waals surface area (Å²) in [5, 5.41) is 9.22. The van der Waals surface area contributed by atoms with E-state index in [9.17, 15) is 18.0 Å². The molecule has 0 saturated carbocycles. The van der Waals surface area contributed by atoms with Crippen molar-refractivity contribution in [3.63, 3.8) is 0 Å². The van der Waals surface area contributed by atoms with Crippen molar-refractivity contribution in [3.8, 4) is 0 Å². The number of fused-ring (bicyclic) bond motifs is 1. The summed E-state index contributed by atoms with van der Waals surface area (Å²) in [5.41, 5.74) is 1.71. The first-order chi connectivity index (χ1) is 15.4. The van der Waals surface area contributed by atoms with Crippen LogP contribution in [0.5, 0.6) is 0 Å². The molecule has 10 nitrogen and oxygen atoms in total. The molecule has 4 heterocycles. The van der Waals surface area contributed by atoms with Crippen molar-refractivity contribution in [2.75, 3.05) is 48.0 Å². The molecular formula is C20H23N5O5S2. The van der Waals surface area contributed by atoms with E-state index in [0.717, 1.165) is 28.4 Å². The molecule has 1 aromatic heterocycles. The van der Waals surface area contributed by atoms with Crippen molar-refractivity contribution in [2.24, 2.45) is 5.10 Å². The van der Waals surface area contributed by atoms with E-state index < -0.39 is 15.9 Å². The number of hydrazone groups is 1. The molecule has 0 spiro atoms. The average Bonchev–Trinajstić information content (AvgIpc) is 3.37. The van der Waals surface area contributed by atoms with Gasteiger partial charge in [-0.2, -0.15) is 5.10 Å². The highest BCUT2D eigenvalue weighted by molar-refractivity contribution is 7.91. The Bertz CT molecular complexity index is 1200. The Morgan fingerprint density at radius 2 is 2.03 bits per heavy atom. The van der Waals surface area contributed by atoms with Gasteiger partial charge in [0, 0.05) is 31.6 Å². The predicted octanol–water partition coefficient (Wildman–Crippen LogP) is 1.24. The van der Waals surface area contributed by atoms with Gasteiger partial charge in [0.05, 0.1) is 41.0 Å². The number of sulfone groups is 1. The van der Waals surface area contributed by atoms with Gasteiger partial charge in [0.25, 0.3) is 5.91 Å². The van der Waals surface area contributed by atoms with Crippen LogP contribution in [0.25, 0.3) is 10.2 Å². The number of anilines is 2. The average molecular weight is 478 g/mol. The van der Waals surface area contributed by atoms with Crippen LogP contribution >= 0.6 is 11.3 Å². The summed E-state index contributed by atoms with van der Waals surface area (Å²) in [6, 6.07) is 5.04. The summed E-state index contributed by atoms with van der Waals surface area (Å²) in [6.07, 6.45) is 0.713. The summed E-state index contributed by atoms with van der Waals surface area (Å²) in [4.78, 5) is 32.0. The molecular weight excluding hydrogens is 454 g/mol. The van der Waals surface area contributed by atoms with Crippen LogP contribution in [0.4, 0.5) is 10.8 Å². The van der Waals surface area contributed by atoms with Crippen LogP contribution in [0, 0.1) is 0 Å². The quantitative estimate of drug-likeness (QED) is 0.703. The molecule has 5 rings (SSSR count). The number of rotatable bonds is 4. The van der Waals surface area contributed by atoms with Gasteiger partial charge < -0.3 is 15.0 Å². The normalized spacial score (nSPS) is 23.4. The second-order valence-electron chi connectivity index (χ2n) is 8.07. The van der Waals surface area contributed by atoms with E-state index in [-0.39, 0.29) is 41.9 Å². The number of nitrogens with one attached hydrogen (secondary N) is 1. The highest BCUT2D eigenvalue weighted by Gasteiger charge is 2.37. The third-order valence-corrected chi connectivity index (χ3v) is 8.62. The zero-order chi connectivity index (χ0) is 22.3. The molecule has 0 bridgehead atoms. The fourth-order valence-electron chi connectivity index (χ4n) is 4.07. The molecule has 1 N–H and O–H groups in total. The van der Waals surface area contributed by atoms with Gasteiger partial charge in [-0.25, -0.2) is 18.4 Å². The molecule has 170 valence electrons. The topological polar surface area (TPSA) is 121 Å². The van der Waals surface area contributed by atoms with Gasteiger partial charge >= 0.3 is 0 Å². The van der Waals surface area contributed by atoms with E-state index in [1.54, 1.807) is 17.4 Å². The zero-order valence-electron chi connectivity index (χ0n) is 17.3. The van der Waals surface area contributed by atoms with Crippen LogP contribution in [0.15, 0.2) is 23.3 Å². The lowest BCUT2D eigenvalue weighted by molar-refractivity contribution is -0.133. The largest absolute Gasteiger partial charge is 0.378 e. The number of morpholine rings is 1. The Labute approximate surface area is 189 Å². The summed E-state index contributed by atoms with van der Waals surface area (Å²) < 4.78 is 29.9. The third-order valence-electron chi connectivity index (χ3n) is 5.79. The number of hydrogen-bond acceptors (Lipinski definition) is 9. The smallest absolute Gasteiger partial charge is 0.271 e. The van der Waals surface area contributed by atoms with Crippen LogP contribution in [-0.2, 0) is 24.2 Å². The van der Waals surface area contributed by atoms with Crippen molar-refractivity contribution in [1.29, 1.82) is 0 Å². The zero-order valence-corrected chi connectivity index (χ0v) is 19.0. The number of nitrogens with zero attached hydrogens (tertiary/aromatic N) is 4. The molecule has 2 aromatic rings. The van der Waals surface area contributed by atoms with Gasteiger partial charge in [-0.05, 0) is 24.6 Å². The molecule has 2 saturated heterocycles. The molecule has 0 radical (unpaired) electrons. The van der Waals surface area contributed by atoms with Crippen molar-refractivity contribution >= 4 is 59.7 Å². The van der Waals surface area contributed by atoms with Crippen LogP contribution in [0.1, 0.15) is 19.3 Å². The number of carbonyl (C=O) groups is 2. The monoisotopic (exact) mass is 477 g/mol. The number of hydrogen-bond donors (Lipinski definition) is 1. The number of ether oxygens (including phenoxy) is 1. The maximum Gasteiger partial charge on any atom is 0.271 e. The maximum atomic E-state index is 12.8. The van der Waals surface area contributed by atoms with Crippen molar-refractivity contribution in [1.82, 2.24) is 9.99 Å². The lowest BCUT2D eigenvalue weighted by Crippen LogP contribution is -2.42. The summed E-state index contributed by atoms with van der Waals surface area (Å²) in [5.74, 6) is -0.698. The molecule has 1 aromatic carbocycles. The van der Waals surface area contributed by atoms with Gasteiger partial charge in [0.1, 0.15) is 5.71 Å². The molecule has 32 heavy (non-hydrogen) atoms. The minimum Gasteiger partial charge on any atom is -0.378 e. The molecule has 3 aliphatic rings. The first-order valence-corrected chi connectivity index (χ1v) is 13.2. The van der Waals surface area contributed by atoms with Crippen molar-refractivity contribution in [2.45, 2.75) is 25.3 Å². The highest BCUT2D eigenvalue weighted by Crippen LogP contribution is 2.31. The first kappa shape index (κ1) is 21.3. The van der Waals surface area contributed by atoms with Gasteiger partial charge in [-0.1, -0.05) is 11.3 Å². The van der Waals surface area contributed by atoms with Crippen LogP contribution in [-0.4, -0.2) is 79.8 Å². The minimum atomic E-state index is -3.16. The number of thiazole rings is 1. The van der Waals surface area contributed by atoms with Crippen LogP contribution in [0.3, 0.4) is 0 Å². The van der Waals surface area contributed by atoms with Gasteiger partial charge in [-0.15, -0.1) is 0 Å². The molecule has 0 unspecified atom stereocenters. The molecule has 12 heteroatoms. The highest BCUT2D eigenvalue weighted by atomic mass is 32.2. The van der Waals surface area contributed by atoms with E-state index in [0.29, 0.717) is 25.3 Å². The van der Waals surface area contributed by atoms with E-state index in [1.165, 1.54) is 5.01 Å². The van der Waals surface area contributed by atoms with Gasteiger partial charge in [0.2, 0.25) is 5.91 Å². The Balaban J connectivity index is 1.31. The van der Waals surface area contributed by atoms with Crippen molar-refractivity contribution < 1.29 is 22.7 Å². The molecule has 2 amide bonds. The predicted molar refractivity (Wildman–Crippen MR) is 122 cm³/mol. The Morgan fingerprint density at radius 1 is 1.22 bits per heavy atom. The van der Waals surface area contributed by atoms with E-state index in [1.807, 2.05) is 12.1 Å². The van der Waals surface area contributed by atoms with Gasteiger partial charge in [-0.3, -0.25) is 9.59 Å². The molecule has 0 aliphatic carbocycles. The van der Waals surface area contributed by atoms with Crippen molar-refractivity contribution in [3.05, 3.63) is 18.2 Å². The third kappa shape index (κ3) is 4.34. The van der Waals surface area contributed by atoms with Crippen LogP contribution in [0.2, 0.25) is 0 Å². The molecule has 2 fully saturated rings. The van der Waals surface area contributed by atoms with E-state index >= 15 is 0 Å². The Morgan fingerprint density at radius 3 is 2.78 bits per heavy atom. The number of benzene rings is 1. The standard InChI is InChI=1S/C20H23N5O5S2/c26-18-4-3-16(23-25(18)14-5-10-32(28,29)12-14)19(27)21-13-1-2-15-17(11-13)31-20(22-15)24-6-8-30-9-7-24/h1-2,11,14H,3-10,12H2,(H,21,27)/t14-/m0/s1. The second-order valence-corrected chi connectivity index (χ2v) is 11.3. The lowest BCUT2D eigenvalue weighted by Gasteiger charge is -2.27. The summed E-state index contributed by atoms with van der Waals surface area (Å²) >= 11 is 1.57.